The van der Waals surface area contributed by atoms with Crippen molar-refractivity contribution < 1.29 is 27.9 Å². The number of nitrogens with two attached hydrogens (primary N) is 1. The summed E-state index contributed by atoms with van der Waals surface area (Å²) in [7, 11) is 0. The first-order valence-corrected chi connectivity index (χ1v) is 13.8. The zero-order valence-electron chi connectivity index (χ0n) is 24.1. The minimum Gasteiger partial charge on any atom is -0.475 e. The van der Waals surface area contributed by atoms with Crippen LogP contribution in [-0.2, 0) is 11.3 Å². The molecule has 1 atom stereocenters. The minimum atomic E-state index is -5.08. The number of rotatable bonds is 8. The molecule has 1 unspecified atom stereocenters. The van der Waals surface area contributed by atoms with Crippen molar-refractivity contribution in [1.82, 2.24) is 19.1 Å². The molecule has 0 bridgehead atoms. The van der Waals surface area contributed by atoms with Gasteiger partial charge in [-0.25, -0.2) is 9.59 Å². The minimum absolute atomic E-state index is 0.0161. The predicted molar refractivity (Wildman–Crippen MR) is 157 cm³/mol. The van der Waals surface area contributed by atoms with Crippen LogP contribution in [0.5, 0.6) is 0 Å². The van der Waals surface area contributed by atoms with E-state index >= 15 is 0 Å². The number of benzene rings is 2. The summed E-state index contributed by atoms with van der Waals surface area (Å²) in [6, 6.07) is 18.7. The molecule has 0 spiro atoms. The Kier molecular flexibility index (Phi) is 10.8. The molecule has 0 saturated heterocycles. The maximum Gasteiger partial charge on any atom is 0.490 e. The van der Waals surface area contributed by atoms with Crippen molar-refractivity contribution in [3.05, 3.63) is 104 Å². The average molecular weight is 620 g/mol. The number of carbonyl (C=O) groups is 2. The number of aliphatic carboxylic acids is 1. The maximum atomic E-state index is 13.8. The molecule has 0 aliphatic heterocycles. The molecular weight excluding hydrogens is 587 g/mol. The number of carboxylic acids is 1. The van der Waals surface area contributed by atoms with Crippen LogP contribution in [0.25, 0.3) is 5.52 Å². The summed E-state index contributed by atoms with van der Waals surface area (Å²) < 4.78 is 34.8. The topological polar surface area (TPSA) is 123 Å². The summed E-state index contributed by atoms with van der Waals surface area (Å²) in [6.07, 6.45) is -5.08. The van der Waals surface area contributed by atoms with Gasteiger partial charge in [0.15, 0.2) is 0 Å². The van der Waals surface area contributed by atoms with Crippen molar-refractivity contribution >= 4 is 29.0 Å². The molecule has 2 heterocycles. The lowest BCUT2D eigenvalue weighted by molar-refractivity contribution is -0.192. The number of nitrogens with zero attached hydrogens (tertiary/aromatic N) is 4. The van der Waals surface area contributed by atoms with Crippen molar-refractivity contribution in [2.75, 3.05) is 13.1 Å². The number of halogens is 4. The molecule has 230 valence electrons. The van der Waals surface area contributed by atoms with Gasteiger partial charge in [-0.3, -0.25) is 9.36 Å². The highest BCUT2D eigenvalue weighted by atomic mass is 35.5. The standard InChI is InChI=1S/C28H32ClN5O2.C2HF3O2/c1-18(2)26(32(15-14-30)27(35)22-12-10-19(3)11-13-22)24-16-23-25(29)20(4)31-34(23)28(36)33(24)17-21-8-6-5-7-9-21;3-2(4,5)1(6)7/h5-13,16,18,26H,14-15,17,30H2,1-4H3;(H,6,7). The molecule has 1 amide bonds. The normalized spacial score (nSPS) is 12.1. The Labute approximate surface area is 251 Å². The second kappa shape index (κ2) is 13.9. The highest BCUT2D eigenvalue weighted by molar-refractivity contribution is 6.34. The van der Waals surface area contributed by atoms with Crippen molar-refractivity contribution in [3.63, 3.8) is 0 Å². The SMILES string of the molecule is Cc1ccc(C(=O)N(CCN)C(c2cc3c(Cl)c(C)nn3c(=O)n2Cc2ccccc2)C(C)C)cc1.O=C(O)C(F)(F)F. The number of carboxylic acid groups (broad SMARTS) is 1. The number of hydrogen-bond donors (Lipinski definition) is 2. The van der Waals surface area contributed by atoms with Gasteiger partial charge in [0.2, 0.25) is 0 Å². The van der Waals surface area contributed by atoms with Crippen LogP contribution in [0.2, 0.25) is 5.02 Å². The van der Waals surface area contributed by atoms with Crippen LogP contribution < -0.4 is 11.4 Å². The van der Waals surface area contributed by atoms with E-state index in [1.807, 2.05) is 81.4 Å². The van der Waals surface area contributed by atoms with Gasteiger partial charge in [0.1, 0.15) is 0 Å². The first-order valence-electron chi connectivity index (χ1n) is 13.4. The maximum absolute atomic E-state index is 13.8. The monoisotopic (exact) mass is 619 g/mol. The Bertz CT molecular complexity index is 1630. The van der Waals surface area contributed by atoms with Crippen LogP contribution in [0, 0.1) is 19.8 Å². The Morgan fingerprint density at radius 3 is 2.16 bits per heavy atom. The van der Waals surface area contributed by atoms with Crippen LogP contribution in [-0.4, -0.2) is 55.3 Å². The van der Waals surface area contributed by atoms with Crippen molar-refractivity contribution in [1.29, 1.82) is 0 Å². The number of hydrogen-bond acceptors (Lipinski definition) is 5. The Balaban J connectivity index is 0.000000646. The van der Waals surface area contributed by atoms with Gasteiger partial charge in [-0.15, -0.1) is 0 Å². The summed E-state index contributed by atoms with van der Waals surface area (Å²) in [5.41, 5.74) is 10.1. The van der Waals surface area contributed by atoms with Crippen LogP contribution in [0.3, 0.4) is 0 Å². The van der Waals surface area contributed by atoms with E-state index in [4.69, 9.17) is 27.2 Å². The van der Waals surface area contributed by atoms with Gasteiger partial charge < -0.3 is 15.7 Å². The van der Waals surface area contributed by atoms with Crippen LogP contribution in [0.4, 0.5) is 13.2 Å². The van der Waals surface area contributed by atoms with E-state index < -0.39 is 18.2 Å². The van der Waals surface area contributed by atoms with E-state index in [9.17, 15) is 22.8 Å². The lowest BCUT2D eigenvalue weighted by Crippen LogP contribution is -2.43. The van der Waals surface area contributed by atoms with Crippen LogP contribution in [0.15, 0.2) is 65.5 Å². The molecule has 0 fully saturated rings. The number of aromatic nitrogens is 3. The first-order chi connectivity index (χ1) is 20.2. The molecule has 2 aromatic heterocycles. The van der Waals surface area contributed by atoms with Crippen LogP contribution in [0.1, 0.15) is 52.8 Å². The number of alkyl halides is 3. The third kappa shape index (κ3) is 7.82. The van der Waals surface area contributed by atoms with E-state index in [-0.39, 0.29) is 17.5 Å². The second-order valence-electron chi connectivity index (χ2n) is 10.3. The molecule has 43 heavy (non-hydrogen) atoms. The third-order valence-corrected chi connectivity index (χ3v) is 7.12. The molecule has 4 aromatic rings. The van der Waals surface area contributed by atoms with Crippen molar-refractivity contribution in [2.45, 2.75) is 46.5 Å². The first kappa shape index (κ1) is 33.3. The lowest BCUT2D eigenvalue weighted by Gasteiger charge is -2.36. The van der Waals surface area contributed by atoms with Gasteiger partial charge in [-0.2, -0.15) is 22.8 Å². The van der Waals surface area contributed by atoms with E-state index in [0.717, 1.165) is 11.1 Å². The Hall–Kier alpha value is -4.16. The number of fused-ring (bicyclic) bond motifs is 1. The number of aryl methyl sites for hydroxylation is 2. The summed E-state index contributed by atoms with van der Waals surface area (Å²) in [5, 5.41) is 11.9. The summed E-state index contributed by atoms with van der Waals surface area (Å²) in [5.74, 6) is -2.90. The largest absolute Gasteiger partial charge is 0.490 e. The summed E-state index contributed by atoms with van der Waals surface area (Å²) >= 11 is 6.56. The molecule has 13 heteroatoms. The molecular formula is C30H33ClF3N5O4. The summed E-state index contributed by atoms with van der Waals surface area (Å²) in [6.45, 7) is 8.81. The van der Waals surface area contributed by atoms with Gasteiger partial charge in [0, 0.05) is 24.3 Å². The van der Waals surface area contributed by atoms with Crippen molar-refractivity contribution in [2.24, 2.45) is 11.7 Å². The Morgan fingerprint density at radius 1 is 1.07 bits per heavy atom. The second-order valence-corrected chi connectivity index (χ2v) is 10.6. The molecule has 0 aliphatic rings. The fraction of sp³-hybridized carbons (Fsp3) is 0.333. The molecule has 9 nitrogen and oxygen atoms in total. The summed E-state index contributed by atoms with van der Waals surface area (Å²) in [4.78, 5) is 38.2. The molecule has 0 radical (unpaired) electrons. The van der Waals surface area contributed by atoms with E-state index in [1.165, 1.54) is 4.52 Å². The fourth-order valence-corrected chi connectivity index (χ4v) is 4.81. The molecule has 3 N–H and O–H groups in total. The smallest absolute Gasteiger partial charge is 0.475 e. The zero-order valence-corrected chi connectivity index (χ0v) is 24.9. The van der Waals surface area contributed by atoms with Gasteiger partial charge in [0.05, 0.1) is 28.8 Å². The van der Waals surface area contributed by atoms with Gasteiger partial charge in [-0.05, 0) is 43.5 Å². The highest BCUT2D eigenvalue weighted by Gasteiger charge is 2.38. The van der Waals surface area contributed by atoms with Gasteiger partial charge >= 0.3 is 17.8 Å². The van der Waals surface area contributed by atoms with Gasteiger partial charge in [0.25, 0.3) is 5.91 Å². The lowest BCUT2D eigenvalue weighted by atomic mass is 9.96. The molecule has 2 aromatic carbocycles. The Morgan fingerprint density at radius 2 is 1.65 bits per heavy atom. The van der Waals surface area contributed by atoms with E-state index in [0.29, 0.717) is 47.1 Å². The zero-order chi connectivity index (χ0) is 32.1. The molecule has 0 saturated carbocycles. The molecule has 4 rings (SSSR count). The van der Waals surface area contributed by atoms with E-state index in [1.54, 1.807) is 16.4 Å². The fourth-order valence-electron chi connectivity index (χ4n) is 4.64. The molecule has 0 aliphatic carbocycles. The van der Waals surface area contributed by atoms with Crippen LogP contribution >= 0.6 is 11.6 Å². The quantitative estimate of drug-likeness (QED) is 0.278. The average Bonchev–Trinajstić information content (AvgIpc) is 3.24. The van der Waals surface area contributed by atoms with E-state index in [2.05, 4.69) is 5.10 Å². The predicted octanol–water partition coefficient (Wildman–Crippen LogP) is 5.25. The van der Waals surface area contributed by atoms with Gasteiger partial charge in [-0.1, -0.05) is 73.5 Å². The van der Waals surface area contributed by atoms with Crippen molar-refractivity contribution in [3.8, 4) is 0 Å². The number of carbonyl (C=O) groups excluding carboxylic acids is 1. The third-order valence-electron chi connectivity index (χ3n) is 6.65. The number of amides is 1. The highest BCUT2D eigenvalue weighted by Crippen LogP contribution is 2.32.